The van der Waals surface area contributed by atoms with Gasteiger partial charge in [-0.05, 0) is 40.0 Å². The van der Waals surface area contributed by atoms with Crippen molar-refractivity contribution in [3.05, 3.63) is 58.3 Å². The zero-order valence-corrected chi connectivity index (χ0v) is 11.2. The lowest BCUT2D eigenvalue weighted by Gasteiger charge is -2.17. The molecule has 1 atom stereocenters. The van der Waals surface area contributed by atoms with Crippen molar-refractivity contribution in [3.63, 3.8) is 0 Å². The van der Waals surface area contributed by atoms with Crippen LogP contribution in [0.3, 0.4) is 0 Å². The quantitative estimate of drug-likeness (QED) is 0.895. The van der Waals surface area contributed by atoms with Crippen LogP contribution in [0.15, 0.2) is 28.7 Å². The maximum Gasteiger partial charge on any atom is 0.128 e. The van der Waals surface area contributed by atoms with E-state index in [1.165, 1.54) is 6.07 Å². The topological polar surface area (TPSA) is 25.2 Å². The van der Waals surface area contributed by atoms with E-state index in [1.807, 2.05) is 40.0 Å². The summed E-state index contributed by atoms with van der Waals surface area (Å²) in [6.45, 7) is 5.76. The third-order valence-corrected chi connectivity index (χ3v) is 3.14. The lowest BCUT2D eigenvalue weighted by molar-refractivity contribution is 0.494. The highest BCUT2D eigenvalue weighted by Gasteiger charge is 2.20. The van der Waals surface area contributed by atoms with Gasteiger partial charge in [-0.25, -0.2) is 4.39 Å². The molecule has 0 aliphatic carbocycles. The number of hydrogen-bond acceptors (Lipinski definition) is 2. The van der Waals surface area contributed by atoms with E-state index in [1.54, 1.807) is 6.07 Å². The molecular weight excluding hydrogens is 229 g/mol. The van der Waals surface area contributed by atoms with Crippen LogP contribution in [0.5, 0.6) is 0 Å². The fraction of sp³-hybridized carbons (Fsp3) is 0.333. The van der Waals surface area contributed by atoms with Gasteiger partial charge in [0.25, 0.3) is 0 Å². The summed E-state index contributed by atoms with van der Waals surface area (Å²) in [5.41, 5.74) is 2.69. The minimum absolute atomic E-state index is 0.178. The van der Waals surface area contributed by atoms with Crippen LogP contribution in [-0.2, 0) is 0 Å². The van der Waals surface area contributed by atoms with Gasteiger partial charge in [0.15, 0.2) is 0 Å². The Hall–Kier alpha value is -1.61. The number of rotatable bonds is 3. The number of furan rings is 1. The fourth-order valence-corrected chi connectivity index (χ4v) is 2.30. The van der Waals surface area contributed by atoms with Gasteiger partial charge in [0.05, 0.1) is 6.04 Å². The summed E-state index contributed by atoms with van der Waals surface area (Å²) in [5, 5.41) is 3.16. The molecule has 2 rings (SSSR count). The van der Waals surface area contributed by atoms with Crippen LogP contribution in [-0.4, -0.2) is 7.05 Å². The van der Waals surface area contributed by atoms with Crippen molar-refractivity contribution in [3.8, 4) is 0 Å². The van der Waals surface area contributed by atoms with Crippen LogP contribution in [0.25, 0.3) is 0 Å². The molecule has 0 bridgehead atoms. The van der Waals surface area contributed by atoms with Gasteiger partial charge in [-0.1, -0.05) is 17.7 Å². The summed E-state index contributed by atoms with van der Waals surface area (Å²) < 4.78 is 19.5. The van der Waals surface area contributed by atoms with Crippen molar-refractivity contribution in [1.29, 1.82) is 0 Å². The first-order valence-electron chi connectivity index (χ1n) is 6.03. The van der Waals surface area contributed by atoms with Gasteiger partial charge in [0.1, 0.15) is 17.3 Å². The predicted octanol–water partition coefficient (Wildman–Crippen LogP) is 3.65. The van der Waals surface area contributed by atoms with Crippen LogP contribution >= 0.6 is 0 Å². The molecule has 1 N–H and O–H groups in total. The predicted molar refractivity (Wildman–Crippen MR) is 70.2 cm³/mol. The third-order valence-electron chi connectivity index (χ3n) is 3.14. The van der Waals surface area contributed by atoms with Crippen molar-refractivity contribution in [2.45, 2.75) is 26.8 Å². The molecule has 0 radical (unpaired) electrons. The molecule has 3 heteroatoms. The average molecular weight is 247 g/mol. The first kappa shape index (κ1) is 12.8. The monoisotopic (exact) mass is 247 g/mol. The molecule has 2 aromatic rings. The van der Waals surface area contributed by atoms with Crippen LogP contribution < -0.4 is 5.32 Å². The molecule has 0 aliphatic rings. The van der Waals surface area contributed by atoms with Gasteiger partial charge in [0.2, 0.25) is 0 Å². The summed E-state index contributed by atoms with van der Waals surface area (Å²) in [6.07, 6.45) is 0. The normalized spacial score (nSPS) is 12.7. The Kier molecular flexibility index (Phi) is 3.53. The van der Waals surface area contributed by atoms with E-state index in [0.717, 1.165) is 22.6 Å². The van der Waals surface area contributed by atoms with E-state index in [0.29, 0.717) is 5.56 Å². The van der Waals surface area contributed by atoms with Crippen LogP contribution in [0.2, 0.25) is 0 Å². The molecule has 0 saturated carbocycles. The number of halogens is 1. The lowest BCUT2D eigenvalue weighted by Crippen LogP contribution is -2.19. The fourth-order valence-electron chi connectivity index (χ4n) is 2.30. The van der Waals surface area contributed by atoms with Gasteiger partial charge in [-0.15, -0.1) is 0 Å². The van der Waals surface area contributed by atoms with Gasteiger partial charge < -0.3 is 9.73 Å². The van der Waals surface area contributed by atoms with Gasteiger partial charge in [0, 0.05) is 11.1 Å². The van der Waals surface area contributed by atoms with Crippen molar-refractivity contribution < 1.29 is 8.81 Å². The van der Waals surface area contributed by atoms with E-state index in [4.69, 9.17) is 4.42 Å². The summed E-state index contributed by atoms with van der Waals surface area (Å²) >= 11 is 0. The number of aryl methyl sites for hydroxylation is 3. The summed E-state index contributed by atoms with van der Waals surface area (Å²) in [4.78, 5) is 0. The molecule has 0 spiro atoms. The summed E-state index contributed by atoms with van der Waals surface area (Å²) in [5.74, 6) is 1.47. The van der Waals surface area contributed by atoms with E-state index in [-0.39, 0.29) is 11.9 Å². The Balaban J connectivity index is 2.51. The maximum absolute atomic E-state index is 14.0. The highest BCUT2D eigenvalue weighted by Crippen LogP contribution is 2.29. The zero-order chi connectivity index (χ0) is 13.3. The Morgan fingerprint density at radius 1 is 1.11 bits per heavy atom. The molecule has 0 amide bonds. The van der Waals surface area contributed by atoms with Crippen LogP contribution in [0.1, 0.15) is 34.3 Å². The number of benzene rings is 1. The molecule has 1 unspecified atom stereocenters. The van der Waals surface area contributed by atoms with Crippen LogP contribution in [0, 0.1) is 26.6 Å². The number of hydrogen-bond donors (Lipinski definition) is 1. The second kappa shape index (κ2) is 4.94. The first-order valence-corrected chi connectivity index (χ1v) is 6.03. The standard InChI is InChI=1S/C15H18FNO/c1-9-5-6-14(16)13(7-9)15(17-4)12-8-10(2)18-11(12)3/h5-8,15,17H,1-4H3. The Morgan fingerprint density at radius 3 is 2.39 bits per heavy atom. The minimum Gasteiger partial charge on any atom is -0.466 e. The second-order valence-electron chi connectivity index (χ2n) is 4.62. The third kappa shape index (κ3) is 2.31. The maximum atomic E-state index is 14.0. The molecule has 1 heterocycles. The van der Waals surface area contributed by atoms with E-state index in [2.05, 4.69) is 5.32 Å². The molecule has 96 valence electrons. The molecule has 0 fully saturated rings. The Bertz CT molecular complexity index is 560. The van der Waals surface area contributed by atoms with Crippen molar-refractivity contribution in [2.24, 2.45) is 0 Å². The van der Waals surface area contributed by atoms with Crippen molar-refractivity contribution >= 4 is 0 Å². The Morgan fingerprint density at radius 2 is 1.83 bits per heavy atom. The van der Waals surface area contributed by atoms with Gasteiger partial charge in [-0.3, -0.25) is 0 Å². The average Bonchev–Trinajstić information content (AvgIpc) is 2.64. The molecule has 1 aromatic carbocycles. The lowest BCUT2D eigenvalue weighted by atomic mass is 9.97. The van der Waals surface area contributed by atoms with Crippen molar-refractivity contribution in [1.82, 2.24) is 5.32 Å². The van der Waals surface area contributed by atoms with Crippen molar-refractivity contribution in [2.75, 3.05) is 7.05 Å². The SMILES string of the molecule is CNC(c1cc(C)ccc1F)c1cc(C)oc1C. The molecule has 18 heavy (non-hydrogen) atoms. The van der Waals surface area contributed by atoms with E-state index < -0.39 is 0 Å². The Labute approximate surface area is 107 Å². The molecular formula is C15H18FNO. The van der Waals surface area contributed by atoms with E-state index in [9.17, 15) is 4.39 Å². The summed E-state index contributed by atoms with van der Waals surface area (Å²) in [7, 11) is 1.83. The number of nitrogens with one attached hydrogen (secondary N) is 1. The van der Waals surface area contributed by atoms with Gasteiger partial charge in [-0.2, -0.15) is 0 Å². The summed E-state index contributed by atoms with van der Waals surface area (Å²) in [6, 6.07) is 6.94. The zero-order valence-electron chi connectivity index (χ0n) is 11.2. The largest absolute Gasteiger partial charge is 0.466 e. The molecule has 0 aliphatic heterocycles. The highest BCUT2D eigenvalue weighted by molar-refractivity contribution is 5.37. The molecule has 1 aromatic heterocycles. The first-order chi connectivity index (χ1) is 8.52. The van der Waals surface area contributed by atoms with Crippen LogP contribution in [0.4, 0.5) is 4.39 Å². The minimum atomic E-state index is -0.196. The molecule has 2 nitrogen and oxygen atoms in total. The highest BCUT2D eigenvalue weighted by atomic mass is 19.1. The van der Waals surface area contributed by atoms with E-state index >= 15 is 0 Å². The second-order valence-corrected chi connectivity index (χ2v) is 4.62. The smallest absolute Gasteiger partial charge is 0.128 e. The van der Waals surface area contributed by atoms with Gasteiger partial charge >= 0.3 is 0 Å². The molecule has 0 saturated heterocycles.